The summed E-state index contributed by atoms with van der Waals surface area (Å²) in [6.45, 7) is 1.79. The van der Waals surface area contributed by atoms with E-state index in [4.69, 9.17) is 0 Å². The van der Waals surface area contributed by atoms with E-state index in [2.05, 4.69) is 35.6 Å². The van der Waals surface area contributed by atoms with Gasteiger partial charge in [0.1, 0.15) is 0 Å². The maximum atomic E-state index is 12.5. The first kappa shape index (κ1) is 17.7. The van der Waals surface area contributed by atoms with E-state index in [0.29, 0.717) is 13.1 Å². The molecule has 2 aromatic rings. The summed E-state index contributed by atoms with van der Waals surface area (Å²) in [5.41, 5.74) is 3.30. The van der Waals surface area contributed by atoms with Gasteiger partial charge in [0, 0.05) is 17.9 Å². The Hall–Kier alpha value is -2.11. The molecule has 0 aliphatic carbocycles. The molecule has 0 fully saturated rings. The molecule has 1 amide bonds. The van der Waals surface area contributed by atoms with Crippen molar-refractivity contribution in [3.05, 3.63) is 65.7 Å². The summed E-state index contributed by atoms with van der Waals surface area (Å²) in [5.74, 6) is 0.0502. The summed E-state index contributed by atoms with van der Waals surface area (Å²) in [5, 5.41) is 6.12. The first-order valence-electron chi connectivity index (χ1n) is 8.40. The van der Waals surface area contributed by atoms with Crippen LogP contribution in [0.4, 0.5) is 0 Å². The van der Waals surface area contributed by atoms with Crippen molar-refractivity contribution in [2.75, 3.05) is 26.4 Å². The van der Waals surface area contributed by atoms with Crippen molar-refractivity contribution in [2.45, 2.75) is 17.9 Å². The third kappa shape index (κ3) is 4.71. The van der Waals surface area contributed by atoms with E-state index < -0.39 is 0 Å². The Morgan fingerprint density at radius 2 is 1.88 bits per heavy atom. The molecule has 5 heteroatoms. The van der Waals surface area contributed by atoms with Crippen LogP contribution >= 0.6 is 11.8 Å². The van der Waals surface area contributed by atoms with Crippen molar-refractivity contribution < 1.29 is 4.79 Å². The Balaban J connectivity index is 1.55. The lowest BCUT2D eigenvalue weighted by molar-refractivity contribution is -0.131. The molecule has 0 saturated carbocycles. The maximum absolute atomic E-state index is 12.5. The molecular formula is C20H23N3OS. The van der Waals surface area contributed by atoms with Crippen LogP contribution in [0.2, 0.25) is 0 Å². The van der Waals surface area contributed by atoms with Gasteiger partial charge in [0.2, 0.25) is 0 Å². The lowest BCUT2D eigenvalue weighted by Crippen LogP contribution is -2.34. The van der Waals surface area contributed by atoms with Crippen LogP contribution in [0.1, 0.15) is 17.5 Å². The van der Waals surface area contributed by atoms with E-state index >= 15 is 0 Å². The fourth-order valence-electron chi connectivity index (χ4n) is 2.88. The van der Waals surface area contributed by atoms with Gasteiger partial charge in [-0.05, 0) is 36.6 Å². The highest BCUT2D eigenvalue weighted by Gasteiger charge is 2.22. The minimum absolute atomic E-state index is 0.0502. The van der Waals surface area contributed by atoms with Crippen LogP contribution in [0.15, 0.2) is 64.6 Å². The number of amides is 1. The van der Waals surface area contributed by atoms with Crippen molar-refractivity contribution in [1.29, 1.82) is 0 Å². The summed E-state index contributed by atoms with van der Waals surface area (Å²) in [6.07, 6.45) is 2.88. The molecule has 1 heterocycles. The second-order valence-electron chi connectivity index (χ2n) is 6.20. The van der Waals surface area contributed by atoms with Gasteiger partial charge in [-0.1, -0.05) is 42.5 Å². The van der Waals surface area contributed by atoms with Gasteiger partial charge in [-0.25, -0.2) is 5.01 Å². The Morgan fingerprint density at radius 3 is 2.56 bits per heavy atom. The van der Waals surface area contributed by atoms with Crippen molar-refractivity contribution in [1.82, 2.24) is 9.91 Å². The molecule has 0 saturated heterocycles. The number of rotatable bonds is 6. The van der Waals surface area contributed by atoms with Gasteiger partial charge >= 0.3 is 0 Å². The highest BCUT2D eigenvalue weighted by atomic mass is 32.2. The Morgan fingerprint density at radius 1 is 1.16 bits per heavy atom. The summed E-state index contributed by atoms with van der Waals surface area (Å²) in [7, 11) is 1.97. The first-order chi connectivity index (χ1) is 12.2. The smallest absolute Gasteiger partial charge is 0.256 e. The SMILES string of the molecule is CSc1ccc(CN(C)CC(=O)N2CCC(c3ccccc3)=N2)cc1. The van der Waals surface area contributed by atoms with E-state index in [0.717, 1.165) is 24.2 Å². The number of hydrogen-bond acceptors (Lipinski definition) is 4. The lowest BCUT2D eigenvalue weighted by Gasteiger charge is -2.19. The Labute approximate surface area is 153 Å². The van der Waals surface area contributed by atoms with Crippen molar-refractivity contribution in [3.63, 3.8) is 0 Å². The van der Waals surface area contributed by atoms with Crippen LogP contribution in [-0.2, 0) is 11.3 Å². The Bertz CT molecular complexity index is 743. The number of thioether (sulfide) groups is 1. The fraction of sp³-hybridized carbons (Fsp3) is 0.300. The van der Waals surface area contributed by atoms with Gasteiger partial charge in [-0.15, -0.1) is 11.8 Å². The van der Waals surface area contributed by atoms with E-state index in [1.54, 1.807) is 16.8 Å². The van der Waals surface area contributed by atoms with Crippen LogP contribution in [0.3, 0.4) is 0 Å². The van der Waals surface area contributed by atoms with E-state index in [1.807, 2.05) is 42.3 Å². The molecule has 3 rings (SSSR count). The second-order valence-corrected chi connectivity index (χ2v) is 7.08. The molecule has 1 aliphatic rings. The number of carbonyl (C=O) groups is 1. The van der Waals surface area contributed by atoms with Gasteiger partial charge in [0.25, 0.3) is 5.91 Å². The molecule has 0 radical (unpaired) electrons. The van der Waals surface area contributed by atoms with Crippen LogP contribution in [-0.4, -0.2) is 47.9 Å². The van der Waals surface area contributed by atoms with E-state index in [9.17, 15) is 4.79 Å². The summed E-state index contributed by atoms with van der Waals surface area (Å²) >= 11 is 1.73. The molecule has 0 bridgehead atoms. The second kappa shape index (κ2) is 8.32. The average molecular weight is 353 g/mol. The molecule has 2 aromatic carbocycles. The van der Waals surface area contributed by atoms with E-state index in [1.165, 1.54) is 10.5 Å². The van der Waals surface area contributed by atoms with Crippen LogP contribution in [0.25, 0.3) is 0 Å². The minimum Gasteiger partial charge on any atom is -0.293 e. The van der Waals surface area contributed by atoms with Crippen molar-refractivity contribution >= 4 is 23.4 Å². The van der Waals surface area contributed by atoms with Crippen molar-refractivity contribution in [3.8, 4) is 0 Å². The normalized spacial score (nSPS) is 14.0. The summed E-state index contributed by atoms with van der Waals surface area (Å²) in [6, 6.07) is 18.5. The van der Waals surface area contributed by atoms with Gasteiger partial charge < -0.3 is 0 Å². The average Bonchev–Trinajstić information content (AvgIpc) is 3.13. The monoisotopic (exact) mass is 353 g/mol. The van der Waals surface area contributed by atoms with Crippen LogP contribution in [0, 0.1) is 0 Å². The maximum Gasteiger partial charge on any atom is 0.256 e. The minimum atomic E-state index is 0.0502. The topological polar surface area (TPSA) is 35.9 Å². The van der Waals surface area contributed by atoms with Gasteiger partial charge in [0.05, 0.1) is 18.8 Å². The molecule has 0 aromatic heterocycles. The number of benzene rings is 2. The van der Waals surface area contributed by atoms with Crippen LogP contribution in [0.5, 0.6) is 0 Å². The number of carbonyl (C=O) groups excluding carboxylic acids is 1. The molecule has 130 valence electrons. The quantitative estimate of drug-likeness (QED) is 0.746. The largest absolute Gasteiger partial charge is 0.293 e. The van der Waals surface area contributed by atoms with Gasteiger partial charge in [-0.3, -0.25) is 9.69 Å². The summed E-state index contributed by atoms with van der Waals surface area (Å²) in [4.78, 5) is 15.8. The predicted molar refractivity (Wildman–Crippen MR) is 104 cm³/mol. The number of likely N-dealkylation sites (N-methyl/N-ethyl adjacent to an activating group) is 1. The fourth-order valence-corrected chi connectivity index (χ4v) is 3.29. The standard InChI is InChI=1S/C20H23N3OS/c1-22(14-16-8-10-18(25-2)11-9-16)15-20(24)23-13-12-19(21-23)17-6-4-3-5-7-17/h3-11H,12-15H2,1-2H3. The van der Waals surface area contributed by atoms with E-state index in [-0.39, 0.29) is 5.91 Å². The zero-order chi connectivity index (χ0) is 17.6. The van der Waals surface area contributed by atoms with Crippen molar-refractivity contribution in [2.24, 2.45) is 5.10 Å². The van der Waals surface area contributed by atoms with Crippen LogP contribution < -0.4 is 0 Å². The molecule has 0 spiro atoms. The molecule has 25 heavy (non-hydrogen) atoms. The van der Waals surface area contributed by atoms with Gasteiger partial charge in [0.15, 0.2) is 0 Å². The predicted octanol–water partition coefficient (Wildman–Crippen LogP) is 3.48. The molecular weight excluding hydrogens is 330 g/mol. The number of hydrogen-bond donors (Lipinski definition) is 0. The van der Waals surface area contributed by atoms with Gasteiger partial charge in [-0.2, -0.15) is 5.10 Å². The third-order valence-electron chi connectivity index (χ3n) is 4.21. The Kier molecular flexibility index (Phi) is 5.89. The zero-order valence-corrected chi connectivity index (χ0v) is 15.5. The first-order valence-corrected chi connectivity index (χ1v) is 9.63. The highest BCUT2D eigenvalue weighted by Crippen LogP contribution is 2.16. The third-order valence-corrected chi connectivity index (χ3v) is 4.96. The lowest BCUT2D eigenvalue weighted by atomic mass is 10.1. The molecule has 4 nitrogen and oxygen atoms in total. The molecule has 0 unspecified atom stereocenters. The zero-order valence-electron chi connectivity index (χ0n) is 14.7. The molecule has 0 atom stereocenters. The summed E-state index contributed by atoms with van der Waals surface area (Å²) < 4.78 is 0. The number of hydrazone groups is 1. The molecule has 0 N–H and O–H groups in total. The highest BCUT2D eigenvalue weighted by molar-refractivity contribution is 7.98. The number of nitrogens with zero attached hydrogens (tertiary/aromatic N) is 3. The molecule has 1 aliphatic heterocycles.